The molecule has 1 aromatic carbocycles. The first kappa shape index (κ1) is 17.2. The van der Waals surface area contributed by atoms with Crippen LogP contribution >= 0.6 is 0 Å². The van der Waals surface area contributed by atoms with E-state index in [9.17, 15) is 21.6 Å². The van der Waals surface area contributed by atoms with Gasteiger partial charge in [0.05, 0.1) is 16.3 Å². The van der Waals surface area contributed by atoms with E-state index in [0.717, 1.165) is 4.31 Å². The number of hydrogen-bond donors (Lipinski definition) is 1. The molecular weight excluding hydrogens is 356 g/mol. The highest BCUT2D eigenvalue weighted by Crippen LogP contribution is 2.29. The summed E-state index contributed by atoms with van der Waals surface area (Å²) in [5.74, 6) is -1.07. The van der Waals surface area contributed by atoms with Crippen molar-refractivity contribution in [2.24, 2.45) is 0 Å². The summed E-state index contributed by atoms with van der Waals surface area (Å²) in [7, 11) is -7.25. The number of sulfonamides is 2. The van der Waals surface area contributed by atoms with Gasteiger partial charge in [-0.25, -0.2) is 16.8 Å². The SMILES string of the molecule is O=C(O)C1CCCN1S(=O)(=O)c1ccc(N2CCCS2(=O)=O)cc1. The number of rotatable bonds is 4. The van der Waals surface area contributed by atoms with Crippen molar-refractivity contribution in [1.82, 2.24) is 4.31 Å². The highest BCUT2D eigenvalue weighted by Gasteiger charge is 2.39. The second-order valence-corrected chi connectivity index (χ2v) is 9.75. The number of aliphatic carboxylic acids is 1. The summed E-state index contributed by atoms with van der Waals surface area (Å²) in [4.78, 5) is 11.2. The van der Waals surface area contributed by atoms with Crippen molar-refractivity contribution in [1.29, 1.82) is 0 Å². The number of anilines is 1. The molecule has 1 N–H and O–H groups in total. The van der Waals surface area contributed by atoms with E-state index in [1.54, 1.807) is 0 Å². The molecule has 3 rings (SSSR count). The zero-order chi connectivity index (χ0) is 17.5. The van der Waals surface area contributed by atoms with Crippen LogP contribution in [0.4, 0.5) is 5.69 Å². The third-order valence-corrected chi connectivity index (χ3v) is 8.11. The summed E-state index contributed by atoms with van der Waals surface area (Å²) in [5, 5.41) is 9.16. The molecule has 0 aromatic heterocycles. The van der Waals surface area contributed by atoms with E-state index >= 15 is 0 Å². The van der Waals surface area contributed by atoms with Crippen molar-refractivity contribution < 1.29 is 26.7 Å². The molecule has 1 aromatic rings. The van der Waals surface area contributed by atoms with E-state index < -0.39 is 32.1 Å². The van der Waals surface area contributed by atoms with Gasteiger partial charge in [0.15, 0.2) is 0 Å². The van der Waals surface area contributed by atoms with Gasteiger partial charge >= 0.3 is 5.97 Å². The lowest BCUT2D eigenvalue weighted by atomic mass is 10.2. The number of carbonyl (C=O) groups is 1. The topological polar surface area (TPSA) is 112 Å². The smallest absolute Gasteiger partial charge is 0.322 e. The van der Waals surface area contributed by atoms with Crippen molar-refractivity contribution in [3.63, 3.8) is 0 Å². The minimum Gasteiger partial charge on any atom is -0.480 e. The summed E-state index contributed by atoms with van der Waals surface area (Å²) in [5.41, 5.74) is 0.419. The maximum absolute atomic E-state index is 12.6. The van der Waals surface area contributed by atoms with Crippen molar-refractivity contribution >= 4 is 31.7 Å². The van der Waals surface area contributed by atoms with Crippen molar-refractivity contribution in [2.45, 2.75) is 30.2 Å². The lowest BCUT2D eigenvalue weighted by Gasteiger charge is -2.22. The standard InChI is InChI=1S/C14H18N2O6S2/c17-14(18)13-3-1-8-16(13)24(21,22)12-6-4-11(5-7-12)15-9-2-10-23(15,19)20/h4-7,13H,1-3,8-10H2,(H,17,18). The fraction of sp³-hybridized carbons (Fsp3) is 0.500. The predicted octanol–water partition coefficient (Wildman–Crippen LogP) is 0.464. The molecule has 0 bridgehead atoms. The summed E-state index contributed by atoms with van der Waals surface area (Å²) in [6.45, 7) is 0.545. The molecule has 0 saturated carbocycles. The van der Waals surface area contributed by atoms with Gasteiger partial charge in [-0.1, -0.05) is 0 Å². The van der Waals surface area contributed by atoms with Gasteiger partial charge in [-0.3, -0.25) is 9.10 Å². The molecule has 2 aliphatic rings. The second-order valence-electron chi connectivity index (χ2n) is 5.85. The van der Waals surface area contributed by atoms with E-state index in [1.807, 2.05) is 0 Å². The molecule has 2 heterocycles. The molecule has 2 aliphatic heterocycles. The van der Waals surface area contributed by atoms with Crippen LogP contribution in [0.15, 0.2) is 29.2 Å². The monoisotopic (exact) mass is 374 g/mol. The fourth-order valence-electron chi connectivity index (χ4n) is 3.12. The van der Waals surface area contributed by atoms with Gasteiger partial charge in [0.2, 0.25) is 20.0 Å². The van der Waals surface area contributed by atoms with Crippen LogP contribution in [-0.4, -0.2) is 57.1 Å². The lowest BCUT2D eigenvalue weighted by molar-refractivity contribution is -0.140. The Morgan fingerprint density at radius 3 is 2.33 bits per heavy atom. The Balaban J connectivity index is 1.89. The van der Waals surface area contributed by atoms with Crippen molar-refractivity contribution in [3.05, 3.63) is 24.3 Å². The molecule has 0 radical (unpaired) electrons. The molecule has 0 amide bonds. The van der Waals surface area contributed by atoms with E-state index in [1.165, 1.54) is 28.6 Å². The number of benzene rings is 1. The molecule has 24 heavy (non-hydrogen) atoms. The Hall–Kier alpha value is -1.65. The molecule has 132 valence electrons. The average Bonchev–Trinajstić information content (AvgIpc) is 3.14. The Morgan fingerprint density at radius 1 is 1.12 bits per heavy atom. The Bertz CT molecular complexity index is 848. The predicted molar refractivity (Wildman–Crippen MR) is 86.7 cm³/mol. The maximum Gasteiger partial charge on any atom is 0.322 e. The molecule has 1 atom stereocenters. The number of carboxylic acid groups (broad SMARTS) is 1. The number of carboxylic acids is 1. The second kappa shape index (κ2) is 6.01. The summed E-state index contributed by atoms with van der Waals surface area (Å²) in [6, 6.07) is 4.50. The minimum atomic E-state index is -3.92. The zero-order valence-electron chi connectivity index (χ0n) is 12.8. The van der Waals surface area contributed by atoms with Crippen LogP contribution in [0.1, 0.15) is 19.3 Å². The Labute approximate surface area is 140 Å². The normalized spacial score (nSPS) is 24.3. The third-order valence-electron chi connectivity index (χ3n) is 4.32. The van der Waals surface area contributed by atoms with E-state index in [-0.39, 0.29) is 17.2 Å². The van der Waals surface area contributed by atoms with Crippen molar-refractivity contribution in [2.75, 3.05) is 23.1 Å². The molecule has 8 nitrogen and oxygen atoms in total. The van der Waals surface area contributed by atoms with E-state index in [2.05, 4.69) is 0 Å². The van der Waals surface area contributed by atoms with Gasteiger partial charge in [0.1, 0.15) is 6.04 Å². The largest absolute Gasteiger partial charge is 0.480 e. The molecule has 0 aliphatic carbocycles. The minimum absolute atomic E-state index is 0.0315. The van der Waals surface area contributed by atoms with Crippen LogP contribution < -0.4 is 4.31 Å². The fourth-order valence-corrected chi connectivity index (χ4v) is 6.34. The van der Waals surface area contributed by atoms with Gasteiger partial charge in [-0.15, -0.1) is 0 Å². The number of nitrogens with zero attached hydrogens (tertiary/aromatic N) is 2. The zero-order valence-corrected chi connectivity index (χ0v) is 14.5. The first-order chi connectivity index (χ1) is 11.2. The van der Waals surface area contributed by atoms with Gasteiger partial charge in [-0.2, -0.15) is 4.31 Å². The molecule has 0 spiro atoms. The highest BCUT2D eigenvalue weighted by atomic mass is 32.2. The van der Waals surface area contributed by atoms with Crippen LogP contribution in [0.2, 0.25) is 0 Å². The summed E-state index contributed by atoms with van der Waals surface area (Å²) in [6.07, 6.45) is 1.33. The molecule has 10 heteroatoms. The van der Waals surface area contributed by atoms with Gasteiger partial charge in [0.25, 0.3) is 0 Å². The van der Waals surface area contributed by atoms with E-state index in [0.29, 0.717) is 31.5 Å². The average molecular weight is 374 g/mol. The van der Waals surface area contributed by atoms with Gasteiger partial charge in [-0.05, 0) is 43.5 Å². The Morgan fingerprint density at radius 2 is 1.79 bits per heavy atom. The maximum atomic E-state index is 12.6. The quantitative estimate of drug-likeness (QED) is 0.820. The van der Waals surface area contributed by atoms with Crippen LogP contribution in [-0.2, 0) is 24.8 Å². The first-order valence-corrected chi connectivity index (χ1v) is 10.6. The summed E-state index contributed by atoms with van der Waals surface area (Å²) < 4.78 is 51.4. The lowest BCUT2D eigenvalue weighted by Crippen LogP contribution is -2.40. The van der Waals surface area contributed by atoms with Crippen LogP contribution in [0, 0.1) is 0 Å². The third kappa shape index (κ3) is 2.89. The van der Waals surface area contributed by atoms with Crippen LogP contribution in [0.5, 0.6) is 0 Å². The molecular formula is C14H18N2O6S2. The van der Waals surface area contributed by atoms with Gasteiger partial charge in [0, 0.05) is 13.1 Å². The molecule has 2 saturated heterocycles. The van der Waals surface area contributed by atoms with Crippen LogP contribution in [0.25, 0.3) is 0 Å². The first-order valence-electron chi connectivity index (χ1n) is 7.58. The highest BCUT2D eigenvalue weighted by molar-refractivity contribution is 7.93. The van der Waals surface area contributed by atoms with Crippen molar-refractivity contribution in [3.8, 4) is 0 Å². The summed E-state index contributed by atoms with van der Waals surface area (Å²) >= 11 is 0. The van der Waals surface area contributed by atoms with E-state index in [4.69, 9.17) is 5.11 Å². The van der Waals surface area contributed by atoms with Crippen LogP contribution in [0.3, 0.4) is 0 Å². The molecule has 2 fully saturated rings. The molecule has 1 unspecified atom stereocenters. The Kier molecular flexibility index (Phi) is 4.30. The number of hydrogen-bond acceptors (Lipinski definition) is 5. The van der Waals surface area contributed by atoms with Gasteiger partial charge < -0.3 is 5.11 Å².